The average molecular weight is 531 g/mol. The standard InChI is InChI=1S/C36H38N2O2/c1-24-8-10-28(22-26(24)3)34(39)37-32-16-12-30(13-17-32)36(20-6-5-7-21-36)31-14-18-33(19-15-31)38-35(40)29-11-9-25(2)27(4)23-29/h8-19,22-23H,5-7,20-21H2,1-4H3,(H,37,39)(H,38,40). The minimum Gasteiger partial charge on any atom is -0.322 e. The fraction of sp³-hybridized carbons (Fsp3) is 0.278. The lowest BCUT2D eigenvalue weighted by Crippen LogP contribution is -2.30. The highest BCUT2D eigenvalue weighted by Gasteiger charge is 2.35. The van der Waals surface area contributed by atoms with Crippen LogP contribution in [0, 0.1) is 27.7 Å². The zero-order chi connectivity index (χ0) is 28.3. The molecule has 0 radical (unpaired) electrons. The molecule has 0 bridgehead atoms. The van der Waals surface area contributed by atoms with E-state index in [9.17, 15) is 9.59 Å². The molecule has 0 aliphatic heterocycles. The molecule has 1 saturated carbocycles. The maximum absolute atomic E-state index is 12.8. The number of carbonyl (C=O) groups is 2. The zero-order valence-electron chi connectivity index (χ0n) is 23.9. The van der Waals surface area contributed by atoms with E-state index in [1.54, 1.807) is 0 Å². The molecule has 1 fully saturated rings. The number of rotatable bonds is 6. The van der Waals surface area contributed by atoms with Crippen LogP contribution >= 0.6 is 0 Å². The first-order valence-corrected chi connectivity index (χ1v) is 14.2. The summed E-state index contributed by atoms with van der Waals surface area (Å²) in [6.45, 7) is 8.14. The maximum Gasteiger partial charge on any atom is 0.255 e. The number of carbonyl (C=O) groups excluding carboxylic acids is 2. The summed E-state index contributed by atoms with van der Waals surface area (Å²) in [4.78, 5) is 25.7. The summed E-state index contributed by atoms with van der Waals surface area (Å²) in [5, 5.41) is 6.11. The molecule has 2 N–H and O–H groups in total. The van der Waals surface area contributed by atoms with Crippen LogP contribution in [0.2, 0.25) is 0 Å². The third-order valence-corrected chi connectivity index (χ3v) is 8.64. The number of amides is 2. The van der Waals surface area contributed by atoms with E-state index in [1.165, 1.54) is 41.5 Å². The molecule has 4 nitrogen and oxygen atoms in total. The Balaban J connectivity index is 1.34. The lowest BCUT2D eigenvalue weighted by Gasteiger charge is -2.39. The van der Waals surface area contributed by atoms with Crippen molar-refractivity contribution in [2.45, 2.75) is 65.2 Å². The number of anilines is 2. The molecule has 1 aliphatic rings. The second kappa shape index (κ2) is 11.5. The molecule has 1 aliphatic carbocycles. The summed E-state index contributed by atoms with van der Waals surface area (Å²) >= 11 is 0. The fourth-order valence-electron chi connectivity index (χ4n) is 5.82. The number of nitrogens with one attached hydrogen (secondary N) is 2. The van der Waals surface area contributed by atoms with Gasteiger partial charge in [0.25, 0.3) is 11.8 Å². The van der Waals surface area contributed by atoms with Crippen molar-refractivity contribution < 1.29 is 9.59 Å². The second-order valence-electron chi connectivity index (χ2n) is 11.3. The molecule has 2 amide bonds. The summed E-state index contributed by atoms with van der Waals surface area (Å²) in [6, 6.07) is 28.3. The van der Waals surface area contributed by atoms with Crippen molar-refractivity contribution in [2.75, 3.05) is 10.6 Å². The van der Waals surface area contributed by atoms with Gasteiger partial charge in [0, 0.05) is 27.9 Å². The lowest BCUT2D eigenvalue weighted by molar-refractivity contribution is 0.101. The quantitative estimate of drug-likeness (QED) is 0.262. The lowest BCUT2D eigenvalue weighted by atomic mass is 9.65. The van der Waals surface area contributed by atoms with Gasteiger partial charge in [0.15, 0.2) is 0 Å². The van der Waals surface area contributed by atoms with Crippen molar-refractivity contribution in [1.29, 1.82) is 0 Å². The van der Waals surface area contributed by atoms with E-state index in [0.717, 1.165) is 35.3 Å². The predicted molar refractivity (Wildman–Crippen MR) is 164 cm³/mol. The van der Waals surface area contributed by atoms with E-state index in [0.29, 0.717) is 11.1 Å². The molecule has 0 aromatic heterocycles. The molecule has 4 aromatic rings. The predicted octanol–water partition coefficient (Wildman–Crippen LogP) is 8.68. The summed E-state index contributed by atoms with van der Waals surface area (Å²) in [6.07, 6.45) is 5.76. The van der Waals surface area contributed by atoms with Crippen LogP contribution in [0.1, 0.15) is 86.2 Å². The van der Waals surface area contributed by atoms with Gasteiger partial charge in [0.2, 0.25) is 0 Å². The van der Waals surface area contributed by atoms with Crippen LogP contribution in [0.5, 0.6) is 0 Å². The maximum atomic E-state index is 12.8. The first-order chi connectivity index (χ1) is 19.2. The molecule has 0 heterocycles. The van der Waals surface area contributed by atoms with Gasteiger partial charge in [-0.3, -0.25) is 9.59 Å². The van der Waals surface area contributed by atoms with Crippen LogP contribution in [0.25, 0.3) is 0 Å². The van der Waals surface area contributed by atoms with Crippen molar-refractivity contribution in [2.24, 2.45) is 0 Å². The van der Waals surface area contributed by atoms with Gasteiger partial charge in [0.05, 0.1) is 0 Å². The fourth-order valence-corrected chi connectivity index (χ4v) is 5.82. The minimum atomic E-state index is -0.0957. The molecule has 4 aromatic carbocycles. The first kappa shape index (κ1) is 27.4. The first-order valence-electron chi connectivity index (χ1n) is 14.2. The molecule has 4 heteroatoms. The van der Waals surface area contributed by atoms with Gasteiger partial charge in [0.1, 0.15) is 0 Å². The zero-order valence-corrected chi connectivity index (χ0v) is 23.9. The molecule has 0 unspecified atom stereocenters. The van der Waals surface area contributed by atoms with Crippen molar-refractivity contribution in [3.05, 3.63) is 129 Å². The Morgan fingerprint density at radius 3 is 1.30 bits per heavy atom. The Kier molecular flexibility index (Phi) is 7.88. The van der Waals surface area contributed by atoms with E-state index >= 15 is 0 Å². The number of hydrogen-bond donors (Lipinski definition) is 2. The van der Waals surface area contributed by atoms with Gasteiger partial charge in [-0.25, -0.2) is 0 Å². The van der Waals surface area contributed by atoms with Gasteiger partial charge in [-0.05, 0) is 122 Å². The van der Waals surface area contributed by atoms with Crippen LogP contribution < -0.4 is 10.6 Å². The molecule has 5 rings (SSSR count). The van der Waals surface area contributed by atoms with Crippen LogP contribution in [-0.4, -0.2) is 11.8 Å². The number of aryl methyl sites for hydroxylation is 4. The molecular formula is C36H38N2O2. The smallest absolute Gasteiger partial charge is 0.255 e. The minimum absolute atomic E-state index is 0.0779. The van der Waals surface area contributed by atoms with Gasteiger partial charge in [-0.1, -0.05) is 55.7 Å². The van der Waals surface area contributed by atoms with Crippen LogP contribution in [0.15, 0.2) is 84.9 Å². The molecule has 0 atom stereocenters. The van der Waals surface area contributed by atoms with Crippen molar-refractivity contribution in [1.82, 2.24) is 0 Å². The van der Waals surface area contributed by atoms with Crippen molar-refractivity contribution in [3.8, 4) is 0 Å². The highest BCUT2D eigenvalue weighted by atomic mass is 16.2. The van der Waals surface area contributed by atoms with E-state index in [2.05, 4.69) is 34.9 Å². The van der Waals surface area contributed by atoms with E-state index < -0.39 is 0 Å². The van der Waals surface area contributed by atoms with E-state index in [1.807, 2.05) is 88.4 Å². The van der Waals surface area contributed by atoms with Gasteiger partial charge >= 0.3 is 0 Å². The van der Waals surface area contributed by atoms with E-state index in [-0.39, 0.29) is 17.2 Å². The Bertz CT molecular complexity index is 1420. The van der Waals surface area contributed by atoms with Crippen LogP contribution in [-0.2, 0) is 5.41 Å². The largest absolute Gasteiger partial charge is 0.322 e. The summed E-state index contributed by atoms with van der Waals surface area (Å²) < 4.78 is 0. The summed E-state index contributed by atoms with van der Waals surface area (Å²) in [5.74, 6) is -0.191. The SMILES string of the molecule is Cc1ccc(C(=O)Nc2ccc(C3(c4ccc(NC(=O)c5ccc(C)c(C)c5)cc4)CCCCC3)cc2)cc1C. The van der Waals surface area contributed by atoms with Crippen molar-refractivity contribution >= 4 is 23.2 Å². The van der Waals surface area contributed by atoms with Gasteiger partial charge < -0.3 is 10.6 Å². The highest BCUT2D eigenvalue weighted by Crippen LogP contribution is 2.45. The molecule has 0 spiro atoms. The highest BCUT2D eigenvalue weighted by molar-refractivity contribution is 6.05. The summed E-state index contributed by atoms with van der Waals surface area (Å²) in [5.41, 5.74) is 9.95. The van der Waals surface area contributed by atoms with Crippen molar-refractivity contribution in [3.63, 3.8) is 0 Å². The Labute approximate surface area is 237 Å². The van der Waals surface area contributed by atoms with E-state index in [4.69, 9.17) is 0 Å². The summed E-state index contributed by atoms with van der Waals surface area (Å²) in [7, 11) is 0. The van der Waals surface area contributed by atoms with Gasteiger partial charge in [-0.2, -0.15) is 0 Å². The Hall–Kier alpha value is -4.18. The van der Waals surface area contributed by atoms with Crippen LogP contribution in [0.4, 0.5) is 11.4 Å². The third kappa shape index (κ3) is 5.72. The second-order valence-corrected chi connectivity index (χ2v) is 11.3. The molecule has 204 valence electrons. The third-order valence-electron chi connectivity index (χ3n) is 8.64. The molecular weight excluding hydrogens is 492 g/mol. The number of benzene rings is 4. The number of hydrogen-bond acceptors (Lipinski definition) is 2. The average Bonchev–Trinajstić information content (AvgIpc) is 2.97. The monoisotopic (exact) mass is 530 g/mol. The topological polar surface area (TPSA) is 58.2 Å². The molecule has 40 heavy (non-hydrogen) atoms. The van der Waals surface area contributed by atoms with Crippen LogP contribution in [0.3, 0.4) is 0 Å². The van der Waals surface area contributed by atoms with Gasteiger partial charge in [-0.15, -0.1) is 0 Å². The Morgan fingerprint density at radius 1 is 0.525 bits per heavy atom. The Morgan fingerprint density at radius 2 is 0.925 bits per heavy atom. The normalized spacial score (nSPS) is 14.4. The molecule has 0 saturated heterocycles.